The first-order valence-corrected chi connectivity index (χ1v) is 11.8. The van der Waals surface area contributed by atoms with Gasteiger partial charge in [0.1, 0.15) is 11.4 Å². The second-order valence-electron chi connectivity index (χ2n) is 8.90. The second kappa shape index (κ2) is 9.69. The van der Waals surface area contributed by atoms with Crippen LogP contribution in [0.2, 0.25) is 0 Å². The molecule has 1 fully saturated rings. The number of nitrogens with zero attached hydrogens (tertiary/aromatic N) is 2. The van der Waals surface area contributed by atoms with Gasteiger partial charge < -0.3 is 15.2 Å². The van der Waals surface area contributed by atoms with Gasteiger partial charge in [0.25, 0.3) is 5.91 Å². The predicted molar refractivity (Wildman–Crippen MR) is 132 cm³/mol. The van der Waals surface area contributed by atoms with Crippen molar-refractivity contribution in [3.05, 3.63) is 89.7 Å². The van der Waals surface area contributed by atoms with Gasteiger partial charge in [0.05, 0.1) is 24.8 Å². The highest BCUT2D eigenvalue weighted by molar-refractivity contribution is 5.93. The van der Waals surface area contributed by atoms with E-state index in [9.17, 15) is 9.90 Å². The molecule has 0 saturated heterocycles. The van der Waals surface area contributed by atoms with Crippen molar-refractivity contribution >= 4 is 11.4 Å². The number of fused-ring (bicyclic) bond motifs is 1. The maximum absolute atomic E-state index is 13.0. The highest BCUT2D eigenvalue weighted by atomic mass is 16.5. The normalized spacial score (nSPS) is 18.1. The summed E-state index contributed by atoms with van der Waals surface area (Å²) in [6.45, 7) is 0. The Morgan fingerprint density at radius 1 is 1.09 bits per heavy atom. The maximum atomic E-state index is 13.0. The number of methoxy groups -OCH3 is 1. The first kappa shape index (κ1) is 22.2. The molecule has 0 aliphatic heterocycles. The lowest BCUT2D eigenvalue weighted by atomic mass is 9.92. The number of nitrogens with one attached hydrogen (secondary N) is 1. The molecule has 2 atom stereocenters. The molecule has 2 heterocycles. The molecule has 4 aromatic rings. The number of ether oxygens (including phenoxy) is 1. The van der Waals surface area contributed by atoms with Crippen LogP contribution in [0.1, 0.15) is 47.3 Å². The molecule has 1 aliphatic rings. The van der Waals surface area contributed by atoms with E-state index < -0.39 is 6.10 Å². The van der Waals surface area contributed by atoms with E-state index in [-0.39, 0.29) is 11.9 Å². The van der Waals surface area contributed by atoms with Gasteiger partial charge >= 0.3 is 0 Å². The molecule has 34 heavy (non-hydrogen) atoms. The van der Waals surface area contributed by atoms with Crippen LogP contribution in [-0.2, 0) is 6.42 Å². The summed E-state index contributed by atoms with van der Waals surface area (Å²) in [4.78, 5) is 13.0. The van der Waals surface area contributed by atoms with Crippen LogP contribution in [0, 0.1) is 0 Å². The zero-order valence-corrected chi connectivity index (χ0v) is 19.3. The van der Waals surface area contributed by atoms with Gasteiger partial charge in [0.15, 0.2) is 0 Å². The van der Waals surface area contributed by atoms with E-state index in [1.54, 1.807) is 11.6 Å². The van der Waals surface area contributed by atoms with Gasteiger partial charge in [-0.3, -0.25) is 4.79 Å². The third-order valence-electron chi connectivity index (χ3n) is 6.63. The van der Waals surface area contributed by atoms with Crippen molar-refractivity contribution < 1.29 is 14.6 Å². The Hall–Kier alpha value is -3.64. The number of carbonyl (C=O) groups is 1. The number of aliphatic hydroxyl groups excluding tert-OH is 1. The molecule has 0 radical (unpaired) electrons. The number of amides is 1. The third kappa shape index (κ3) is 4.54. The summed E-state index contributed by atoms with van der Waals surface area (Å²) in [6.07, 6.45) is 5.58. The summed E-state index contributed by atoms with van der Waals surface area (Å²) >= 11 is 0. The van der Waals surface area contributed by atoms with Gasteiger partial charge in [0, 0.05) is 11.8 Å². The lowest BCUT2D eigenvalue weighted by molar-refractivity contribution is 0.0713. The topological polar surface area (TPSA) is 75.9 Å². The molecule has 1 saturated carbocycles. The highest BCUT2D eigenvalue weighted by Crippen LogP contribution is 2.30. The number of hydrogen-bond donors (Lipinski definition) is 2. The predicted octanol–water partition coefficient (Wildman–Crippen LogP) is 4.63. The van der Waals surface area contributed by atoms with Crippen LogP contribution in [0.3, 0.4) is 0 Å². The van der Waals surface area contributed by atoms with Crippen molar-refractivity contribution in [3.63, 3.8) is 0 Å². The van der Waals surface area contributed by atoms with Crippen molar-refractivity contribution in [3.8, 4) is 16.9 Å². The van der Waals surface area contributed by atoms with Crippen LogP contribution in [0.25, 0.3) is 16.6 Å². The molecule has 6 nitrogen and oxygen atoms in total. The van der Waals surface area contributed by atoms with E-state index in [1.165, 1.54) is 0 Å². The number of benzene rings is 2. The molecule has 2 aromatic heterocycles. The van der Waals surface area contributed by atoms with Gasteiger partial charge in [-0.15, -0.1) is 0 Å². The lowest BCUT2D eigenvalue weighted by Crippen LogP contribution is -2.45. The average molecular weight is 456 g/mol. The minimum absolute atomic E-state index is 0.214. The van der Waals surface area contributed by atoms with Crippen LogP contribution in [0.5, 0.6) is 5.75 Å². The zero-order chi connectivity index (χ0) is 23.5. The summed E-state index contributed by atoms with van der Waals surface area (Å²) in [5, 5.41) is 17.7. The summed E-state index contributed by atoms with van der Waals surface area (Å²) in [5.41, 5.74) is 5.65. The van der Waals surface area contributed by atoms with Crippen molar-refractivity contribution in [2.24, 2.45) is 0 Å². The van der Waals surface area contributed by atoms with E-state index in [2.05, 4.69) is 40.7 Å². The van der Waals surface area contributed by atoms with Crippen LogP contribution in [0.4, 0.5) is 0 Å². The third-order valence-corrected chi connectivity index (χ3v) is 6.63. The van der Waals surface area contributed by atoms with Crippen molar-refractivity contribution in [2.45, 2.75) is 44.2 Å². The van der Waals surface area contributed by atoms with Crippen molar-refractivity contribution in [1.29, 1.82) is 0 Å². The van der Waals surface area contributed by atoms with Gasteiger partial charge in [-0.2, -0.15) is 5.10 Å². The molecule has 0 unspecified atom stereocenters. The van der Waals surface area contributed by atoms with Crippen LogP contribution in [-0.4, -0.2) is 39.9 Å². The fourth-order valence-electron chi connectivity index (χ4n) is 4.78. The van der Waals surface area contributed by atoms with Crippen LogP contribution in [0.15, 0.2) is 72.9 Å². The molecule has 2 N–H and O–H groups in total. The SMILES string of the molecule is COc1ccccc1-c1ccc(Cc2cc(C(=O)N[C@H]3CCCC[C@@H]3O)nn3cccc23)cc1. The molecular weight excluding hydrogens is 426 g/mol. The van der Waals surface area contributed by atoms with Gasteiger partial charge in [0.2, 0.25) is 0 Å². The Bertz CT molecular complexity index is 1300. The minimum Gasteiger partial charge on any atom is -0.496 e. The van der Waals surface area contributed by atoms with E-state index in [1.807, 2.05) is 42.6 Å². The molecular formula is C28H29N3O3. The highest BCUT2D eigenvalue weighted by Gasteiger charge is 2.25. The lowest BCUT2D eigenvalue weighted by Gasteiger charge is -2.28. The number of para-hydroxylation sites is 1. The Morgan fingerprint density at radius 2 is 1.88 bits per heavy atom. The molecule has 174 valence electrons. The monoisotopic (exact) mass is 455 g/mol. The van der Waals surface area contributed by atoms with E-state index in [0.717, 1.165) is 59.2 Å². The smallest absolute Gasteiger partial charge is 0.272 e. The van der Waals surface area contributed by atoms with Crippen LogP contribution >= 0.6 is 0 Å². The Kier molecular flexibility index (Phi) is 6.32. The first-order valence-electron chi connectivity index (χ1n) is 11.8. The Morgan fingerprint density at radius 3 is 2.68 bits per heavy atom. The molecule has 0 bridgehead atoms. The van der Waals surface area contributed by atoms with Gasteiger partial charge in [-0.1, -0.05) is 55.3 Å². The zero-order valence-electron chi connectivity index (χ0n) is 19.3. The molecule has 1 amide bonds. The number of aromatic nitrogens is 2. The second-order valence-corrected chi connectivity index (χ2v) is 8.90. The fourth-order valence-corrected chi connectivity index (χ4v) is 4.78. The largest absolute Gasteiger partial charge is 0.496 e. The summed E-state index contributed by atoms with van der Waals surface area (Å²) in [5.74, 6) is 0.604. The molecule has 1 aliphatic carbocycles. The standard InChI is InChI=1S/C28H29N3O3/c1-34-27-11-5-2-7-22(27)20-14-12-19(13-15-20)17-21-18-24(30-31-16-6-9-25(21)31)28(33)29-23-8-3-4-10-26(23)32/h2,5-7,9,11-16,18,23,26,32H,3-4,8,10,17H2,1H3,(H,29,33)/t23-,26-/m0/s1. The van der Waals surface area contributed by atoms with Gasteiger partial charge in [-0.05, 0) is 60.2 Å². The summed E-state index contributed by atoms with van der Waals surface area (Å²) in [7, 11) is 1.68. The summed E-state index contributed by atoms with van der Waals surface area (Å²) in [6, 6.07) is 22.0. The average Bonchev–Trinajstić information content (AvgIpc) is 3.35. The Labute approximate surface area is 199 Å². The maximum Gasteiger partial charge on any atom is 0.272 e. The quantitative estimate of drug-likeness (QED) is 0.444. The molecule has 6 heteroatoms. The number of aliphatic hydroxyl groups is 1. The Balaban J connectivity index is 1.39. The van der Waals surface area contributed by atoms with Crippen LogP contribution < -0.4 is 10.1 Å². The molecule has 2 aromatic carbocycles. The molecule has 0 spiro atoms. The van der Waals surface area contributed by atoms with E-state index in [0.29, 0.717) is 12.1 Å². The minimum atomic E-state index is -0.491. The number of carbonyl (C=O) groups excluding carboxylic acids is 1. The molecule has 5 rings (SSSR count). The number of rotatable bonds is 6. The van der Waals surface area contributed by atoms with Crippen molar-refractivity contribution in [1.82, 2.24) is 14.9 Å². The summed E-state index contributed by atoms with van der Waals surface area (Å²) < 4.78 is 7.25. The van der Waals surface area contributed by atoms with Crippen molar-refractivity contribution in [2.75, 3.05) is 7.11 Å². The fraction of sp³-hybridized carbons (Fsp3) is 0.286. The van der Waals surface area contributed by atoms with E-state index >= 15 is 0 Å². The first-order chi connectivity index (χ1) is 16.6. The number of hydrogen-bond acceptors (Lipinski definition) is 4. The van der Waals surface area contributed by atoms with E-state index in [4.69, 9.17) is 4.74 Å². The van der Waals surface area contributed by atoms with Gasteiger partial charge in [-0.25, -0.2) is 4.52 Å².